The van der Waals surface area contributed by atoms with Crippen LogP contribution in [0.5, 0.6) is 0 Å². The van der Waals surface area contributed by atoms with E-state index in [1.165, 1.54) is 67.0 Å². The van der Waals surface area contributed by atoms with Crippen molar-refractivity contribution in [1.29, 1.82) is 0 Å². The van der Waals surface area contributed by atoms with E-state index in [2.05, 4.69) is 283 Å². The third-order valence-corrected chi connectivity index (χ3v) is 23.8. The molecule has 0 saturated heterocycles. The molecule has 0 bridgehead atoms. The summed E-state index contributed by atoms with van der Waals surface area (Å²) >= 11 is 1.80. The molecule has 20 aromatic rings. The molecule has 8 heterocycles. The Kier molecular flexibility index (Phi) is 10.1. The van der Waals surface area contributed by atoms with Crippen LogP contribution >= 0.6 is 11.3 Å². The Labute approximate surface area is 540 Å². The molecule has 0 N–H and O–H groups in total. The first-order valence-electron chi connectivity index (χ1n) is 31.6. The van der Waals surface area contributed by atoms with Crippen LogP contribution in [0.4, 0.5) is 34.1 Å². The molecule has 6 aromatic heterocycles. The van der Waals surface area contributed by atoms with Crippen LogP contribution in [-0.4, -0.2) is 21.2 Å². The summed E-state index contributed by atoms with van der Waals surface area (Å²) in [6.07, 6.45) is 0. The van der Waals surface area contributed by atoms with Gasteiger partial charge in [-0.3, -0.25) is 0 Å². The van der Waals surface area contributed by atoms with Gasteiger partial charge >= 0.3 is 526 Å². The molecule has 14 aromatic carbocycles. The van der Waals surface area contributed by atoms with Gasteiger partial charge in [0.15, 0.2) is 0 Å². The molecule has 22 rings (SSSR count). The Hall–Kier alpha value is -11.3. The predicted molar refractivity (Wildman–Crippen MR) is 391 cm³/mol. The molecule has 0 aliphatic carbocycles. The van der Waals surface area contributed by atoms with Crippen molar-refractivity contribution in [2.75, 3.05) is 9.80 Å². The fourth-order valence-electron chi connectivity index (χ4n) is 16.2. The predicted octanol–water partition coefficient (Wildman–Crippen LogP) is 22.1. The van der Waals surface area contributed by atoms with Crippen molar-refractivity contribution in [1.82, 2.24) is 0 Å². The number of fused-ring (bicyclic) bond motifs is 24. The molecule has 2 aliphatic heterocycles. The molecular formula is C84H45BN2O4SSe. The molecule has 2 aliphatic rings. The molecule has 93 heavy (non-hydrogen) atoms. The van der Waals surface area contributed by atoms with Crippen LogP contribution in [0.15, 0.2) is 291 Å². The van der Waals surface area contributed by atoms with Gasteiger partial charge in [0, 0.05) is 0 Å². The van der Waals surface area contributed by atoms with Crippen molar-refractivity contribution in [2.45, 2.75) is 0 Å². The number of furan rings is 4. The van der Waals surface area contributed by atoms with Crippen LogP contribution in [0.3, 0.4) is 0 Å². The molecule has 6 nitrogen and oxygen atoms in total. The Bertz CT molecular complexity index is 6300. The zero-order valence-corrected chi connectivity index (χ0v) is 51.9. The Morgan fingerprint density at radius 3 is 1.33 bits per heavy atom. The van der Waals surface area contributed by atoms with Gasteiger partial charge in [0.1, 0.15) is 0 Å². The third-order valence-electron chi connectivity index (χ3n) is 20.0. The number of hydrogen-bond donors (Lipinski definition) is 0. The maximum absolute atomic E-state index is 6.91. The number of nitrogens with zero attached hydrogens (tertiary/aromatic N) is 2. The summed E-state index contributed by atoms with van der Waals surface area (Å²) in [4.78, 5) is 5.28. The van der Waals surface area contributed by atoms with Crippen molar-refractivity contribution in [3.63, 3.8) is 0 Å². The van der Waals surface area contributed by atoms with Gasteiger partial charge in [0.05, 0.1) is 0 Å². The van der Waals surface area contributed by atoms with Crippen LogP contribution in [0.1, 0.15) is 0 Å². The van der Waals surface area contributed by atoms with Crippen LogP contribution in [-0.2, 0) is 0 Å². The van der Waals surface area contributed by atoms with E-state index in [-0.39, 0.29) is 21.2 Å². The van der Waals surface area contributed by atoms with E-state index >= 15 is 0 Å². The maximum atomic E-state index is 6.91. The number of rotatable bonds is 5. The summed E-state index contributed by atoms with van der Waals surface area (Å²) in [5, 5.41) is 13.8. The van der Waals surface area contributed by atoms with Crippen molar-refractivity contribution in [3.8, 4) is 33.4 Å². The van der Waals surface area contributed by atoms with E-state index in [0.717, 1.165) is 144 Å². The normalized spacial score (nSPS) is 13.1. The van der Waals surface area contributed by atoms with Gasteiger partial charge in [0.2, 0.25) is 0 Å². The van der Waals surface area contributed by atoms with Crippen LogP contribution in [0.25, 0.3) is 161 Å². The first kappa shape index (κ1) is 50.4. The van der Waals surface area contributed by atoms with Crippen LogP contribution < -0.4 is 26.2 Å². The van der Waals surface area contributed by atoms with Gasteiger partial charge in [-0.2, -0.15) is 0 Å². The number of benzene rings is 14. The SMILES string of the molecule is c1ccc(-c2cc3c4c(c2)N(c2cccc5oc6ccccc6c25)c2cc(-c5ccc6oc7ccccc7c6c5)c5c([se]c6ccccc65)c2B4c2c(cc(-c4ccc5oc6ccccc6c5c4)c4c2sc2ccccc24)N3c2cccc3oc4ccccc4c23)cc1. The third kappa shape index (κ3) is 6.92. The molecule has 0 amide bonds. The van der Waals surface area contributed by atoms with Gasteiger partial charge in [-0.25, -0.2) is 0 Å². The first-order chi connectivity index (χ1) is 46.1. The average Bonchev–Trinajstić information content (AvgIpc) is 1.66. The topological polar surface area (TPSA) is 59.0 Å². The molecule has 430 valence electrons. The molecule has 9 heteroatoms. The second kappa shape index (κ2) is 18.7. The summed E-state index contributed by atoms with van der Waals surface area (Å²) in [5.74, 6) is 0. The van der Waals surface area contributed by atoms with Gasteiger partial charge in [-0.15, -0.1) is 0 Å². The number of anilines is 6. The van der Waals surface area contributed by atoms with E-state index in [9.17, 15) is 0 Å². The Morgan fingerprint density at radius 2 is 0.731 bits per heavy atom. The van der Waals surface area contributed by atoms with Gasteiger partial charge in [0.25, 0.3) is 0 Å². The molecule has 0 spiro atoms. The van der Waals surface area contributed by atoms with Gasteiger partial charge in [-0.1, -0.05) is 12.1 Å². The molecule has 0 fully saturated rings. The summed E-state index contributed by atoms with van der Waals surface area (Å²) in [6, 6.07) is 100. The van der Waals surface area contributed by atoms with E-state index in [1.54, 1.807) is 0 Å². The van der Waals surface area contributed by atoms with E-state index in [0.29, 0.717) is 0 Å². The zero-order valence-electron chi connectivity index (χ0n) is 49.4. The molecule has 0 radical (unpaired) electrons. The number of para-hydroxylation sites is 4. The second-order valence-corrected chi connectivity index (χ2v) is 28.1. The van der Waals surface area contributed by atoms with Gasteiger partial charge in [-0.05, 0) is 6.07 Å². The fourth-order valence-corrected chi connectivity index (χ4v) is 20.2. The van der Waals surface area contributed by atoms with Gasteiger partial charge < -0.3 is 0 Å². The molecular weight excluding hydrogens is 1220 g/mol. The standard InChI is InChI=1S/C84H45BN2O4SSe/c1-2-18-46(19-3-1)49-42-62-80-63(43-49)87(61-27-17-33-73-79(61)53-23-7-13-31-69(53)91-73)65-45-57(48-37-39-71-59(41-48)51-21-5-11-29-67(51)89-71)77-55-25-9-15-35-75(55)93-84(77)82(65)85(80)81-64(86(62)60-26-16-32-72-78(60)52-22-6-12-30-68(52)90-72)44-56(76-54-24-8-14-34-74(54)92-83(76)81)47-36-38-70-58(40-47)50-20-4-10-28-66(50)88-70/h1-45H. The summed E-state index contributed by atoms with van der Waals surface area (Å²) < 4.78 is 32.2. The van der Waals surface area contributed by atoms with Crippen LogP contribution in [0, 0.1) is 0 Å². The molecule has 0 atom stereocenters. The fraction of sp³-hybridized carbons (Fsp3) is 0. The Balaban J connectivity index is 0.957. The second-order valence-electron chi connectivity index (χ2n) is 24.8. The number of thiophene rings is 1. The monoisotopic (exact) mass is 1270 g/mol. The summed E-state index contributed by atoms with van der Waals surface area (Å²) in [6.45, 7) is -0.262. The number of hydrogen-bond acceptors (Lipinski definition) is 7. The van der Waals surface area contributed by atoms with E-state index < -0.39 is 0 Å². The van der Waals surface area contributed by atoms with Crippen molar-refractivity contribution in [3.05, 3.63) is 273 Å². The first-order valence-corrected chi connectivity index (χ1v) is 34.1. The minimum absolute atomic E-state index is 0.124. The minimum atomic E-state index is -0.262. The molecule has 0 saturated carbocycles. The van der Waals surface area contributed by atoms with E-state index in [4.69, 9.17) is 17.7 Å². The van der Waals surface area contributed by atoms with Crippen molar-refractivity contribution in [2.24, 2.45) is 0 Å². The average molecular weight is 1270 g/mol. The molecule has 0 unspecified atom stereocenters. The van der Waals surface area contributed by atoms with E-state index in [1.807, 2.05) is 11.3 Å². The quantitative estimate of drug-likeness (QED) is 0.160. The summed E-state index contributed by atoms with van der Waals surface area (Å²) in [7, 11) is 0. The zero-order chi connectivity index (χ0) is 60.3. The van der Waals surface area contributed by atoms with Crippen LogP contribution in [0.2, 0.25) is 0 Å². The summed E-state index contributed by atoms with van der Waals surface area (Å²) in [5.41, 5.74) is 24.2. The van der Waals surface area contributed by atoms with Crippen molar-refractivity contribution < 1.29 is 17.7 Å². The Morgan fingerprint density at radius 1 is 0.280 bits per heavy atom. The van der Waals surface area contributed by atoms with Crippen molar-refractivity contribution >= 4 is 210 Å².